The Balaban J connectivity index is 1.64. The van der Waals surface area contributed by atoms with Crippen LogP contribution in [-0.4, -0.2) is 35.8 Å². The van der Waals surface area contributed by atoms with Gasteiger partial charge in [0, 0.05) is 11.6 Å². The Hall–Kier alpha value is -3.52. The molecule has 8 nitrogen and oxygen atoms in total. The van der Waals surface area contributed by atoms with Crippen LogP contribution in [0.3, 0.4) is 0 Å². The lowest BCUT2D eigenvalue weighted by atomic mass is 10.1. The molecule has 154 valence electrons. The maximum atomic E-state index is 13.0. The average molecular weight is 427 g/mol. The summed E-state index contributed by atoms with van der Waals surface area (Å²) in [6, 6.07) is 11.5. The molecule has 0 spiro atoms. The van der Waals surface area contributed by atoms with Crippen molar-refractivity contribution in [3.05, 3.63) is 53.7 Å². The van der Waals surface area contributed by atoms with Gasteiger partial charge < -0.3 is 20.1 Å². The highest BCUT2D eigenvalue weighted by molar-refractivity contribution is 6.33. The fraction of sp³-hybridized carbons (Fsp3) is 0.190. The molecular formula is C21H19ClN4O4. The van der Waals surface area contributed by atoms with Gasteiger partial charge in [-0.3, -0.25) is 9.59 Å². The molecule has 9 heteroatoms. The van der Waals surface area contributed by atoms with Crippen molar-refractivity contribution in [3.8, 4) is 22.6 Å². The van der Waals surface area contributed by atoms with Gasteiger partial charge in [-0.2, -0.15) is 5.10 Å². The Kier molecular flexibility index (Phi) is 5.33. The standard InChI is InChI=1S/C21H19ClN4O4/c1-29-13-5-3-12(4-6-13)15-11-23-26-18(10-19(27)25-20(15)26)21(28)24-17-9-14(30-2)7-8-16(17)22/h3-9,11,18H,10H2,1-2H3,(H,24,28)(H,25,27)/t18-/m1/s1. The van der Waals surface area contributed by atoms with E-state index >= 15 is 0 Å². The topological polar surface area (TPSA) is 94.5 Å². The van der Waals surface area contributed by atoms with Crippen LogP contribution in [0.1, 0.15) is 12.5 Å². The smallest absolute Gasteiger partial charge is 0.249 e. The molecule has 0 unspecified atom stereocenters. The number of rotatable bonds is 5. The van der Waals surface area contributed by atoms with Crippen LogP contribution in [0.25, 0.3) is 11.1 Å². The first-order valence-electron chi connectivity index (χ1n) is 9.16. The fourth-order valence-electron chi connectivity index (χ4n) is 3.30. The molecule has 2 N–H and O–H groups in total. The van der Waals surface area contributed by atoms with E-state index < -0.39 is 11.9 Å². The number of hydrogen-bond acceptors (Lipinski definition) is 5. The normalized spacial score (nSPS) is 15.2. The number of fused-ring (bicyclic) bond motifs is 1. The second kappa shape index (κ2) is 8.08. The summed E-state index contributed by atoms with van der Waals surface area (Å²) >= 11 is 6.19. The molecule has 1 aromatic heterocycles. The van der Waals surface area contributed by atoms with Gasteiger partial charge in [-0.15, -0.1) is 0 Å². The number of hydrogen-bond donors (Lipinski definition) is 2. The van der Waals surface area contributed by atoms with Gasteiger partial charge >= 0.3 is 0 Å². The zero-order valence-electron chi connectivity index (χ0n) is 16.3. The summed E-state index contributed by atoms with van der Waals surface area (Å²) in [6.07, 6.45) is 1.59. The van der Waals surface area contributed by atoms with Gasteiger partial charge in [0.1, 0.15) is 23.4 Å². The third-order valence-electron chi connectivity index (χ3n) is 4.86. The SMILES string of the molecule is COc1ccc(-c2cnn3c2NC(=O)C[C@@H]3C(=O)Nc2cc(OC)ccc2Cl)cc1. The van der Waals surface area contributed by atoms with E-state index in [1.807, 2.05) is 24.3 Å². The molecule has 2 amide bonds. The molecule has 1 aliphatic rings. The number of ether oxygens (including phenoxy) is 2. The van der Waals surface area contributed by atoms with Gasteiger partial charge in [0.05, 0.1) is 37.5 Å². The number of nitrogens with zero attached hydrogens (tertiary/aromatic N) is 2. The van der Waals surface area contributed by atoms with Crippen LogP contribution < -0.4 is 20.1 Å². The zero-order valence-corrected chi connectivity index (χ0v) is 17.1. The predicted octanol–water partition coefficient (Wildman–Crippen LogP) is 3.74. The number of anilines is 2. The van der Waals surface area contributed by atoms with E-state index in [1.54, 1.807) is 31.5 Å². The van der Waals surface area contributed by atoms with Crippen LogP contribution in [0.2, 0.25) is 5.02 Å². The molecule has 0 radical (unpaired) electrons. The summed E-state index contributed by atoms with van der Waals surface area (Å²) in [5.41, 5.74) is 1.95. The third-order valence-corrected chi connectivity index (χ3v) is 5.19. The number of methoxy groups -OCH3 is 2. The first kappa shape index (κ1) is 19.8. The molecular weight excluding hydrogens is 408 g/mol. The minimum absolute atomic E-state index is 0.0375. The van der Waals surface area contributed by atoms with Crippen molar-refractivity contribution < 1.29 is 19.1 Å². The van der Waals surface area contributed by atoms with E-state index in [9.17, 15) is 9.59 Å². The van der Waals surface area contributed by atoms with Crippen LogP contribution >= 0.6 is 11.6 Å². The Morgan fingerprint density at radius 1 is 1.17 bits per heavy atom. The lowest BCUT2D eigenvalue weighted by Crippen LogP contribution is -2.35. The van der Waals surface area contributed by atoms with Crippen molar-refractivity contribution in [3.63, 3.8) is 0 Å². The fourth-order valence-corrected chi connectivity index (χ4v) is 3.46. The minimum Gasteiger partial charge on any atom is -0.497 e. The Bertz CT molecular complexity index is 1110. The van der Waals surface area contributed by atoms with Crippen LogP contribution in [0.5, 0.6) is 11.5 Å². The lowest BCUT2D eigenvalue weighted by Gasteiger charge is -2.25. The molecule has 1 aliphatic heterocycles. The van der Waals surface area contributed by atoms with Gasteiger partial charge in [0.2, 0.25) is 11.8 Å². The van der Waals surface area contributed by atoms with Crippen molar-refractivity contribution in [2.24, 2.45) is 0 Å². The summed E-state index contributed by atoms with van der Waals surface area (Å²) in [5.74, 6) is 1.07. The molecule has 0 bridgehead atoms. The molecule has 0 saturated heterocycles. The van der Waals surface area contributed by atoms with Gasteiger partial charge in [-0.25, -0.2) is 4.68 Å². The second-order valence-electron chi connectivity index (χ2n) is 6.68. The number of benzene rings is 2. The monoisotopic (exact) mass is 426 g/mol. The Labute approximate surface area is 177 Å². The van der Waals surface area contributed by atoms with Crippen molar-refractivity contribution in [2.45, 2.75) is 12.5 Å². The van der Waals surface area contributed by atoms with Gasteiger partial charge in [0.25, 0.3) is 0 Å². The first-order valence-corrected chi connectivity index (χ1v) is 9.54. The molecule has 4 rings (SSSR count). The first-order chi connectivity index (χ1) is 14.5. The number of aromatic nitrogens is 2. The van der Waals surface area contributed by atoms with E-state index in [0.29, 0.717) is 27.8 Å². The predicted molar refractivity (Wildman–Crippen MR) is 113 cm³/mol. The Morgan fingerprint density at radius 2 is 1.87 bits per heavy atom. The summed E-state index contributed by atoms with van der Waals surface area (Å²) in [6.45, 7) is 0. The highest BCUT2D eigenvalue weighted by atomic mass is 35.5. The largest absolute Gasteiger partial charge is 0.497 e. The lowest BCUT2D eigenvalue weighted by molar-refractivity contribution is -0.125. The van der Waals surface area contributed by atoms with Crippen molar-refractivity contribution in [1.29, 1.82) is 0 Å². The highest BCUT2D eigenvalue weighted by Gasteiger charge is 2.33. The van der Waals surface area contributed by atoms with Crippen molar-refractivity contribution >= 4 is 34.9 Å². The van der Waals surface area contributed by atoms with Crippen molar-refractivity contribution in [1.82, 2.24) is 9.78 Å². The highest BCUT2D eigenvalue weighted by Crippen LogP contribution is 2.35. The van der Waals surface area contributed by atoms with Crippen LogP contribution in [0, 0.1) is 0 Å². The molecule has 0 aliphatic carbocycles. The summed E-state index contributed by atoms with van der Waals surface area (Å²) < 4.78 is 11.9. The molecule has 3 aromatic rings. The molecule has 1 atom stereocenters. The van der Waals surface area contributed by atoms with Gasteiger partial charge in [-0.1, -0.05) is 23.7 Å². The molecule has 2 aromatic carbocycles. The van der Waals surface area contributed by atoms with Gasteiger partial charge in [-0.05, 0) is 29.8 Å². The maximum Gasteiger partial charge on any atom is 0.249 e. The van der Waals surface area contributed by atoms with E-state index in [1.165, 1.54) is 11.8 Å². The van der Waals surface area contributed by atoms with Gasteiger partial charge in [0.15, 0.2) is 0 Å². The summed E-state index contributed by atoms with van der Waals surface area (Å²) in [7, 11) is 3.12. The van der Waals surface area contributed by atoms with E-state index in [4.69, 9.17) is 21.1 Å². The second-order valence-corrected chi connectivity index (χ2v) is 7.09. The Morgan fingerprint density at radius 3 is 2.57 bits per heavy atom. The third kappa shape index (κ3) is 3.69. The number of amides is 2. The van der Waals surface area contributed by atoms with Crippen molar-refractivity contribution in [2.75, 3.05) is 24.9 Å². The van der Waals surface area contributed by atoms with Crippen LogP contribution in [0.4, 0.5) is 11.5 Å². The van der Waals surface area contributed by atoms with E-state index in [0.717, 1.165) is 11.3 Å². The number of carbonyl (C=O) groups is 2. The van der Waals surface area contributed by atoms with Crippen LogP contribution in [-0.2, 0) is 9.59 Å². The van der Waals surface area contributed by atoms with E-state index in [2.05, 4.69) is 15.7 Å². The van der Waals surface area contributed by atoms with Crippen LogP contribution in [0.15, 0.2) is 48.7 Å². The molecule has 2 heterocycles. The summed E-state index contributed by atoms with van der Waals surface area (Å²) in [4.78, 5) is 25.3. The molecule has 0 saturated carbocycles. The number of nitrogens with one attached hydrogen (secondary N) is 2. The average Bonchev–Trinajstić information content (AvgIpc) is 3.18. The molecule has 30 heavy (non-hydrogen) atoms. The summed E-state index contributed by atoms with van der Waals surface area (Å²) in [5, 5.41) is 10.3. The minimum atomic E-state index is -0.817. The number of halogens is 1. The number of carbonyl (C=O) groups excluding carboxylic acids is 2. The van der Waals surface area contributed by atoms with E-state index in [-0.39, 0.29) is 12.3 Å². The quantitative estimate of drug-likeness (QED) is 0.648. The zero-order chi connectivity index (χ0) is 21.3. The molecule has 0 fully saturated rings. The maximum absolute atomic E-state index is 13.0.